The molecule has 0 fully saturated rings. The molecule has 106 valence electrons. The Morgan fingerprint density at radius 2 is 2.05 bits per heavy atom. The van der Waals surface area contributed by atoms with Gasteiger partial charge in [-0.3, -0.25) is 0 Å². The van der Waals surface area contributed by atoms with Gasteiger partial charge >= 0.3 is 0 Å². The monoisotopic (exact) mass is 266 g/mol. The molecule has 0 aliphatic carbocycles. The van der Waals surface area contributed by atoms with E-state index in [-0.39, 0.29) is 12.6 Å². The van der Waals surface area contributed by atoms with E-state index in [9.17, 15) is 0 Å². The van der Waals surface area contributed by atoms with E-state index in [2.05, 4.69) is 4.90 Å². The second kappa shape index (κ2) is 6.75. The molecular weight excluding hydrogens is 244 g/mol. The number of hydrogen-bond donors (Lipinski definition) is 2. The first-order valence-corrected chi connectivity index (χ1v) is 6.62. The van der Waals surface area contributed by atoms with Crippen molar-refractivity contribution in [3.05, 3.63) is 23.8 Å². The summed E-state index contributed by atoms with van der Waals surface area (Å²) in [6.07, 6.45) is 0.912. The van der Waals surface area contributed by atoms with Crippen molar-refractivity contribution in [2.45, 2.75) is 19.0 Å². The summed E-state index contributed by atoms with van der Waals surface area (Å²) in [5.74, 6) is 1.63. The van der Waals surface area contributed by atoms with E-state index in [0.717, 1.165) is 30.0 Å². The molecule has 2 rings (SSSR count). The lowest BCUT2D eigenvalue weighted by Gasteiger charge is -2.20. The molecule has 5 heteroatoms. The van der Waals surface area contributed by atoms with Crippen LogP contribution in [0, 0.1) is 0 Å². The number of benzene rings is 1. The molecule has 1 aromatic carbocycles. The zero-order chi connectivity index (χ0) is 13.7. The normalized spacial score (nSPS) is 16.2. The highest BCUT2D eigenvalue weighted by Crippen LogP contribution is 2.30. The lowest BCUT2D eigenvalue weighted by molar-refractivity contribution is 0.218. The molecule has 0 saturated heterocycles. The van der Waals surface area contributed by atoms with Gasteiger partial charge in [-0.15, -0.1) is 0 Å². The van der Waals surface area contributed by atoms with Crippen LogP contribution in [0.4, 0.5) is 0 Å². The van der Waals surface area contributed by atoms with Crippen molar-refractivity contribution >= 4 is 0 Å². The zero-order valence-corrected chi connectivity index (χ0v) is 11.3. The van der Waals surface area contributed by atoms with Gasteiger partial charge in [-0.1, -0.05) is 6.07 Å². The molecular formula is C14H22N2O3. The van der Waals surface area contributed by atoms with Crippen molar-refractivity contribution < 1.29 is 14.6 Å². The third kappa shape index (κ3) is 4.09. The van der Waals surface area contributed by atoms with E-state index in [1.165, 1.54) is 0 Å². The standard InChI is InChI=1S/C14H22N2O3/c1-16(9-12(15)10-17)8-11-3-4-13-14(7-11)19-6-2-5-18-13/h3-4,7,12,17H,2,5-6,8-10,15H2,1H3. The lowest BCUT2D eigenvalue weighted by Crippen LogP contribution is -2.37. The van der Waals surface area contributed by atoms with Crippen molar-refractivity contribution in [2.75, 3.05) is 33.4 Å². The van der Waals surface area contributed by atoms with Crippen LogP contribution in [-0.4, -0.2) is 49.5 Å². The van der Waals surface area contributed by atoms with Gasteiger partial charge < -0.3 is 25.2 Å². The molecule has 0 amide bonds. The fourth-order valence-corrected chi connectivity index (χ4v) is 2.14. The van der Waals surface area contributed by atoms with Crippen LogP contribution in [0.5, 0.6) is 11.5 Å². The van der Waals surface area contributed by atoms with Gasteiger partial charge in [-0.05, 0) is 24.7 Å². The fraction of sp³-hybridized carbons (Fsp3) is 0.571. The summed E-state index contributed by atoms with van der Waals surface area (Å²) >= 11 is 0. The molecule has 0 bridgehead atoms. The minimum Gasteiger partial charge on any atom is -0.490 e. The molecule has 0 aromatic heterocycles. The Hall–Kier alpha value is -1.30. The fourth-order valence-electron chi connectivity index (χ4n) is 2.14. The molecule has 1 unspecified atom stereocenters. The lowest BCUT2D eigenvalue weighted by atomic mass is 10.2. The largest absolute Gasteiger partial charge is 0.490 e. The average Bonchev–Trinajstić information content (AvgIpc) is 2.63. The third-order valence-corrected chi connectivity index (χ3v) is 3.05. The van der Waals surface area contributed by atoms with Crippen LogP contribution < -0.4 is 15.2 Å². The average molecular weight is 266 g/mol. The van der Waals surface area contributed by atoms with E-state index in [1.54, 1.807) is 0 Å². The Labute approximate surface area is 113 Å². The van der Waals surface area contributed by atoms with Gasteiger partial charge in [0, 0.05) is 25.6 Å². The van der Waals surface area contributed by atoms with Gasteiger partial charge in [-0.25, -0.2) is 0 Å². The Kier molecular flexibility index (Phi) is 5.01. The summed E-state index contributed by atoms with van der Waals surface area (Å²) in [5, 5.41) is 8.95. The minimum atomic E-state index is -0.203. The Bertz CT molecular complexity index is 412. The maximum Gasteiger partial charge on any atom is 0.161 e. The van der Waals surface area contributed by atoms with Crippen molar-refractivity contribution in [2.24, 2.45) is 5.73 Å². The molecule has 19 heavy (non-hydrogen) atoms. The highest BCUT2D eigenvalue weighted by atomic mass is 16.5. The van der Waals surface area contributed by atoms with E-state index in [4.69, 9.17) is 20.3 Å². The molecule has 0 radical (unpaired) electrons. The summed E-state index contributed by atoms with van der Waals surface area (Å²) in [5.41, 5.74) is 6.87. The predicted molar refractivity (Wildman–Crippen MR) is 73.4 cm³/mol. The van der Waals surface area contributed by atoms with Gasteiger partial charge in [0.2, 0.25) is 0 Å². The van der Waals surface area contributed by atoms with Crippen molar-refractivity contribution in [1.82, 2.24) is 4.90 Å². The molecule has 1 aromatic rings. The number of aliphatic hydroxyl groups is 1. The van der Waals surface area contributed by atoms with Crippen LogP contribution in [0.3, 0.4) is 0 Å². The zero-order valence-electron chi connectivity index (χ0n) is 11.3. The summed E-state index contributed by atoms with van der Waals surface area (Å²) in [6.45, 7) is 2.83. The second-order valence-corrected chi connectivity index (χ2v) is 4.97. The van der Waals surface area contributed by atoms with Gasteiger partial charge in [0.25, 0.3) is 0 Å². The number of ether oxygens (including phenoxy) is 2. The summed E-state index contributed by atoms with van der Waals surface area (Å²) < 4.78 is 11.3. The first-order chi connectivity index (χ1) is 9.19. The van der Waals surface area contributed by atoms with E-state index in [1.807, 2.05) is 25.2 Å². The molecule has 1 aliphatic heterocycles. The highest BCUT2D eigenvalue weighted by Gasteiger charge is 2.12. The Balaban J connectivity index is 1.99. The number of likely N-dealkylation sites (N-methyl/N-ethyl adjacent to an activating group) is 1. The van der Waals surface area contributed by atoms with Gasteiger partial charge in [0.15, 0.2) is 11.5 Å². The van der Waals surface area contributed by atoms with Crippen LogP contribution >= 0.6 is 0 Å². The summed E-state index contributed by atoms with van der Waals surface area (Å²) in [6, 6.07) is 5.80. The molecule has 0 spiro atoms. The van der Waals surface area contributed by atoms with Crippen LogP contribution in [0.15, 0.2) is 18.2 Å². The maximum absolute atomic E-state index is 8.95. The van der Waals surface area contributed by atoms with Crippen LogP contribution in [0.2, 0.25) is 0 Å². The Morgan fingerprint density at radius 3 is 2.79 bits per heavy atom. The molecule has 1 heterocycles. The quantitative estimate of drug-likeness (QED) is 0.817. The number of nitrogens with zero attached hydrogens (tertiary/aromatic N) is 1. The van der Waals surface area contributed by atoms with Crippen molar-refractivity contribution in [1.29, 1.82) is 0 Å². The first kappa shape index (κ1) is 14.1. The smallest absolute Gasteiger partial charge is 0.161 e. The SMILES string of the molecule is CN(Cc1ccc2c(c1)OCCCO2)CC(N)CO. The second-order valence-electron chi connectivity index (χ2n) is 4.97. The van der Waals surface area contributed by atoms with Gasteiger partial charge in [0.1, 0.15) is 0 Å². The number of fused-ring (bicyclic) bond motifs is 1. The predicted octanol–water partition coefficient (Wildman–Crippen LogP) is 0.599. The van der Waals surface area contributed by atoms with Crippen molar-refractivity contribution in [3.8, 4) is 11.5 Å². The molecule has 3 N–H and O–H groups in total. The summed E-state index contributed by atoms with van der Waals surface area (Å²) in [4.78, 5) is 2.08. The van der Waals surface area contributed by atoms with Gasteiger partial charge in [0.05, 0.1) is 19.8 Å². The number of hydrogen-bond acceptors (Lipinski definition) is 5. The van der Waals surface area contributed by atoms with Crippen molar-refractivity contribution in [3.63, 3.8) is 0 Å². The molecule has 0 saturated carbocycles. The molecule has 5 nitrogen and oxygen atoms in total. The van der Waals surface area contributed by atoms with Crippen LogP contribution in [0.25, 0.3) is 0 Å². The van der Waals surface area contributed by atoms with Gasteiger partial charge in [-0.2, -0.15) is 0 Å². The number of rotatable bonds is 5. The Morgan fingerprint density at radius 1 is 1.32 bits per heavy atom. The topological polar surface area (TPSA) is 68.0 Å². The van der Waals surface area contributed by atoms with E-state index in [0.29, 0.717) is 19.8 Å². The first-order valence-electron chi connectivity index (χ1n) is 6.62. The minimum absolute atomic E-state index is 0.00544. The number of aliphatic hydroxyl groups excluding tert-OH is 1. The molecule has 1 atom stereocenters. The van der Waals surface area contributed by atoms with E-state index >= 15 is 0 Å². The molecule has 1 aliphatic rings. The summed E-state index contributed by atoms with van der Waals surface area (Å²) in [7, 11) is 1.98. The maximum atomic E-state index is 8.95. The third-order valence-electron chi connectivity index (χ3n) is 3.05. The van der Waals surface area contributed by atoms with Crippen LogP contribution in [-0.2, 0) is 6.54 Å². The number of nitrogens with two attached hydrogens (primary N) is 1. The van der Waals surface area contributed by atoms with E-state index < -0.39 is 0 Å². The van der Waals surface area contributed by atoms with Crippen LogP contribution in [0.1, 0.15) is 12.0 Å². The highest BCUT2D eigenvalue weighted by molar-refractivity contribution is 5.43.